The van der Waals surface area contributed by atoms with Gasteiger partial charge in [-0.15, -0.1) is 0 Å². The second-order valence-electron chi connectivity index (χ2n) is 6.68. The molecule has 0 bridgehead atoms. The molecule has 1 aromatic heterocycles. The molecule has 0 N–H and O–H groups in total. The van der Waals surface area contributed by atoms with Crippen LogP contribution in [0, 0.1) is 0 Å². The molecular formula is C20H26N4O3. The average Bonchev–Trinajstić information content (AvgIpc) is 2.69. The van der Waals surface area contributed by atoms with Gasteiger partial charge in [0.25, 0.3) is 5.91 Å². The standard InChI is InChI=1S/C20H26N4O3/c1-4-26-17-9-5-6-10-18(17)27-16-8-7-11-24(14-16)20-21-12-15(13-22-20)19(25)23(2)3/h5-6,9-10,12-13,16H,4,7-8,11,14H2,1-3H3. The Morgan fingerprint density at radius 1 is 1.22 bits per heavy atom. The highest BCUT2D eigenvalue weighted by molar-refractivity contribution is 5.93. The van der Waals surface area contributed by atoms with Crippen molar-refractivity contribution in [1.29, 1.82) is 0 Å². The van der Waals surface area contributed by atoms with E-state index in [0.29, 0.717) is 24.7 Å². The number of hydrogen-bond donors (Lipinski definition) is 0. The Hall–Kier alpha value is -2.83. The van der Waals surface area contributed by atoms with Gasteiger partial charge in [0.05, 0.1) is 18.7 Å². The molecule has 7 heteroatoms. The Labute approximate surface area is 159 Å². The summed E-state index contributed by atoms with van der Waals surface area (Å²) >= 11 is 0. The molecule has 0 spiro atoms. The SMILES string of the molecule is CCOc1ccccc1OC1CCCN(c2ncc(C(=O)N(C)C)cn2)C1. The number of rotatable bonds is 6. The van der Waals surface area contributed by atoms with Crippen molar-refractivity contribution in [3.05, 3.63) is 42.2 Å². The summed E-state index contributed by atoms with van der Waals surface area (Å²) in [6.07, 6.45) is 5.16. The maximum absolute atomic E-state index is 12.0. The molecule has 1 amide bonds. The molecule has 7 nitrogen and oxygen atoms in total. The summed E-state index contributed by atoms with van der Waals surface area (Å²) in [6.45, 7) is 4.12. The number of aromatic nitrogens is 2. The third-order valence-corrected chi connectivity index (χ3v) is 4.39. The van der Waals surface area contributed by atoms with Crippen molar-refractivity contribution in [1.82, 2.24) is 14.9 Å². The van der Waals surface area contributed by atoms with Crippen LogP contribution >= 0.6 is 0 Å². The second-order valence-corrected chi connectivity index (χ2v) is 6.68. The van der Waals surface area contributed by atoms with E-state index in [0.717, 1.165) is 30.9 Å². The molecular weight excluding hydrogens is 344 g/mol. The molecule has 1 atom stereocenters. The van der Waals surface area contributed by atoms with Crippen LogP contribution in [0.1, 0.15) is 30.1 Å². The number of piperidine rings is 1. The van der Waals surface area contributed by atoms with Crippen LogP contribution in [0.2, 0.25) is 0 Å². The minimum absolute atomic E-state index is 0.0343. The van der Waals surface area contributed by atoms with Gasteiger partial charge in [0.2, 0.25) is 5.95 Å². The van der Waals surface area contributed by atoms with Gasteiger partial charge in [0.15, 0.2) is 11.5 Å². The van der Waals surface area contributed by atoms with Gasteiger partial charge in [-0.05, 0) is 31.9 Å². The third-order valence-electron chi connectivity index (χ3n) is 4.39. The molecule has 1 aliphatic heterocycles. The monoisotopic (exact) mass is 370 g/mol. The van der Waals surface area contributed by atoms with E-state index < -0.39 is 0 Å². The maximum atomic E-state index is 12.0. The first-order valence-electron chi connectivity index (χ1n) is 9.25. The Kier molecular flexibility index (Phi) is 6.11. The van der Waals surface area contributed by atoms with Crippen molar-refractivity contribution in [2.75, 3.05) is 38.7 Å². The summed E-state index contributed by atoms with van der Waals surface area (Å²) in [5, 5.41) is 0. The van der Waals surface area contributed by atoms with Crippen LogP contribution < -0.4 is 14.4 Å². The Morgan fingerprint density at radius 3 is 2.59 bits per heavy atom. The summed E-state index contributed by atoms with van der Waals surface area (Å²) in [5.41, 5.74) is 0.485. The molecule has 0 radical (unpaired) electrons. The van der Waals surface area contributed by atoms with Crippen LogP contribution in [0.4, 0.5) is 5.95 Å². The number of carbonyl (C=O) groups excluding carboxylic acids is 1. The number of para-hydroxylation sites is 2. The average molecular weight is 370 g/mol. The number of carbonyl (C=O) groups is 1. The van der Waals surface area contributed by atoms with Crippen LogP contribution in [-0.4, -0.2) is 60.7 Å². The topological polar surface area (TPSA) is 67.8 Å². The lowest BCUT2D eigenvalue weighted by atomic mass is 10.1. The van der Waals surface area contributed by atoms with Gasteiger partial charge in [-0.2, -0.15) is 0 Å². The number of anilines is 1. The first kappa shape index (κ1) is 18.9. The summed E-state index contributed by atoms with van der Waals surface area (Å²) in [7, 11) is 3.42. The van der Waals surface area contributed by atoms with Gasteiger partial charge in [0, 0.05) is 33.0 Å². The first-order chi connectivity index (χ1) is 13.1. The smallest absolute Gasteiger partial charge is 0.256 e. The fraction of sp³-hybridized carbons (Fsp3) is 0.450. The lowest BCUT2D eigenvalue weighted by molar-refractivity contribution is 0.0826. The molecule has 2 heterocycles. The Bertz CT molecular complexity index is 764. The maximum Gasteiger partial charge on any atom is 0.256 e. The minimum atomic E-state index is -0.103. The van der Waals surface area contributed by atoms with Gasteiger partial charge in [-0.25, -0.2) is 9.97 Å². The van der Waals surface area contributed by atoms with E-state index in [1.165, 1.54) is 4.90 Å². The molecule has 3 rings (SSSR count). The highest BCUT2D eigenvalue weighted by Gasteiger charge is 2.24. The van der Waals surface area contributed by atoms with Gasteiger partial charge >= 0.3 is 0 Å². The molecule has 1 aliphatic rings. The predicted molar refractivity (Wildman–Crippen MR) is 104 cm³/mol. The van der Waals surface area contributed by atoms with Crippen molar-refractivity contribution < 1.29 is 14.3 Å². The summed E-state index contributed by atoms with van der Waals surface area (Å²) < 4.78 is 11.8. The Balaban J connectivity index is 1.67. The van der Waals surface area contributed by atoms with Crippen molar-refractivity contribution in [3.63, 3.8) is 0 Å². The molecule has 144 valence electrons. The fourth-order valence-corrected chi connectivity index (χ4v) is 3.07. The number of hydrogen-bond acceptors (Lipinski definition) is 6. The van der Waals surface area contributed by atoms with Crippen LogP contribution in [0.5, 0.6) is 11.5 Å². The summed E-state index contributed by atoms with van der Waals surface area (Å²) in [4.78, 5) is 24.3. The number of nitrogens with zero attached hydrogens (tertiary/aromatic N) is 4. The molecule has 27 heavy (non-hydrogen) atoms. The van der Waals surface area contributed by atoms with Gasteiger partial charge in [-0.3, -0.25) is 4.79 Å². The Morgan fingerprint density at radius 2 is 1.93 bits per heavy atom. The highest BCUT2D eigenvalue weighted by atomic mass is 16.5. The van der Waals surface area contributed by atoms with E-state index in [4.69, 9.17) is 9.47 Å². The van der Waals surface area contributed by atoms with Gasteiger partial charge < -0.3 is 19.3 Å². The molecule has 1 unspecified atom stereocenters. The molecule has 2 aromatic rings. The van der Waals surface area contributed by atoms with Crippen molar-refractivity contribution in [2.45, 2.75) is 25.9 Å². The van der Waals surface area contributed by atoms with E-state index in [1.54, 1.807) is 26.5 Å². The zero-order valence-electron chi connectivity index (χ0n) is 16.1. The van der Waals surface area contributed by atoms with Crippen LogP contribution in [0.15, 0.2) is 36.7 Å². The van der Waals surface area contributed by atoms with Crippen molar-refractivity contribution >= 4 is 11.9 Å². The van der Waals surface area contributed by atoms with Crippen molar-refractivity contribution in [2.24, 2.45) is 0 Å². The molecule has 0 aliphatic carbocycles. The van der Waals surface area contributed by atoms with E-state index >= 15 is 0 Å². The fourth-order valence-electron chi connectivity index (χ4n) is 3.07. The summed E-state index contributed by atoms with van der Waals surface area (Å²) in [6, 6.07) is 7.74. The predicted octanol–water partition coefficient (Wildman–Crippen LogP) is 2.62. The number of amides is 1. The lowest BCUT2D eigenvalue weighted by Crippen LogP contribution is -2.42. The minimum Gasteiger partial charge on any atom is -0.490 e. The molecule has 1 aromatic carbocycles. The van der Waals surface area contributed by atoms with E-state index in [-0.39, 0.29) is 12.0 Å². The highest BCUT2D eigenvalue weighted by Crippen LogP contribution is 2.29. The number of benzene rings is 1. The van der Waals surface area contributed by atoms with Gasteiger partial charge in [-0.1, -0.05) is 12.1 Å². The van der Waals surface area contributed by atoms with Gasteiger partial charge in [0.1, 0.15) is 6.10 Å². The molecule has 1 fully saturated rings. The molecule has 0 saturated carbocycles. The molecule has 1 saturated heterocycles. The zero-order valence-corrected chi connectivity index (χ0v) is 16.1. The third kappa shape index (κ3) is 4.67. The van der Waals surface area contributed by atoms with E-state index in [1.807, 2.05) is 31.2 Å². The van der Waals surface area contributed by atoms with Crippen LogP contribution in [0.3, 0.4) is 0 Å². The number of ether oxygens (including phenoxy) is 2. The van der Waals surface area contributed by atoms with Crippen LogP contribution in [-0.2, 0) is 0 Å². The van der Waals surface area contributed by atoms with E-state index in [9.17, 15) is 4.79 Å². The van der Waals surface area contributed by atoms with Crippen molar-refractivity contribution in [3.8, 4) is 11.5 Å². The lowest BCUT2D eigenvalue weighted by Gasteiger charge is -2.33. The largest absolute Gasteiger partial charge is 0.490 e. The second kappa shape index (κ2) is 8.70. The normalized spacial score (nSPS) is 16.7. The quantitative estimate of drug-likeness (QED) is 0.779. The summed E-state index contributed by atoms with van der Waals surface area (Å²) in [5.74, 6) is 2.05. The zero-order chi connectivity index (χ0) is 19.2. The van der Waals surface area contributed by atoms with Crippen LogP contribution in [0.25, 0.3) is 0 Å². The first-order valence-corrected chi connectivity index (χ1v) is 9.25. The van der Waals surface area contributed by atoms with E-state index in [2.05, 4.69) is 14.9 Å².